The molecule has 3 aliphatic rings. The number of piperidine rings is 3. The van der Waals surface area contributed by atoms with Gasteiger partial charge >= 0.3 is 5.97 Å². The maximum atomic E-state index is 10.8. The van der Waals surface area contributed by atoms with Crippen molar-refractivity contribution in [3.8, 4) is 6.07 Å². The molecule has 0 atom stereocenters. The van der Waals surface area contributed by atoms with Gasteiger partial charge in [0.1, 0.15) is 11.6 Å². The number of carbonyl (C=O) groups is 1. The van der Waals surface area contributed by atoms with Gasteiger partial charge < -0.3 is 5.11 Å². The lowest BCUT2D eigenvalue weighted by molar-refractivity contribution is -0.132. The first kappa shape index (κ1) is 9.22. The maximum Gasteiger partial charge on any atom is 0.346 e. The predicted molar refractivity (Wildman–Crippen MR) is 49.4 cm³/mol. The van der Waals surface area contributed by atoms with Crippen molar-refractivity contribution in [2.24, 2.45) is 5.92 Å². The number of fused-ring (bicyclic) bond motifs is 3. The van der Waals surface area contributed by atoms with Gasteiger partial charge in [-0.3, -0.25) is 4.90 Å². The lowest BCUT2D eigenvalue weighted by Crippen LogP contribution is -2.43. The number of hydrogen-bond acceptors (Lipinski definition) is 3. The van der Waals surface area contributed by atoms with E-state index < -0.39 is 5.97 Å². The van der Waals surface area contributed by atoms with Crippen molar-refractivity contribution < 1.29 is 9.90 Å². The SMILES string of the molecule is N#CC(C(=O)O)=C1CN2CCC1CC2. The third-order valence-corrected chi connectivity index (χ3v) is 3.12. The Kier molecular flexibility index (Phi) is 2.26. The maximum absolute atomic E-state index is 10.8. The number of nitrogens with zero attached hydrogens (tertiary/aromatic N) is 2. The summed E-state index contributed by atoms with van der Waals surface area (Å²) in [7, 11) is 0. The van der Waals surface area contributed by atoms with Crippen LogP contribution in [0.15, 0.2) is 11.1 Å². The Bertz CT molecular complexity index is 333. The van der Waals surface area contributed by atoms with Gasteiger partial charge in [-0.2, -0.15) is 5.26 Å². The van der Waals surface area contributed by atoms with Crippen LogP contribution in [0.2, 0.25) is 0 Å². The van der Waals surface area contributed by atoms with Crippen LogP contribution < -0.4 is 0 Å². The average Bonchev–Trinajstić information content (AvgIpc) is 2.20. The van der Waals surface area contributed by atoms with E-state index >= 15 is 0 Å². The van der Waals surface area contributed by atoms with Crippen LogP contribution in [0.25, 0.3) is 0 Å². The third-order valence-electron chi connectivity index (χ3n) is 3.12. The van der Waals surface area contributed by atoms with Gasteiger partial charge in [0, 0.05) is 6.54 Å². The second-order valence-electron chi connectivity index (χ2n) is 3.87. The summed E-state index contributed by atoms with van der Waals surface area (Å²) in [6.07, 6.45) is 2.02. The van der Waals surface area contributed by atoms with Gasteiger partial charge in [0.2, 0.25) is 0 Å². The minimum absolute atomic E-state index is 0.0283. The Balaban J connectivity index is 2.34. The molecule has 74 valence electrons. The van der Waals surface area contributed by atoms with Crippen LogP contribution in [0.5, 0.6) is 0 Å². The number of rotatable bonds is 1. The summed E-state index contributed by atoms with van der Waals surface area (Å²) in [6, 6.07) is 1.81. The fourth-order valence-corrected chi connectivity index (χ4v) is 2.35. The molecule has 0 amide bonds. The molecule has 3 rings (SSSR count). The van der Waals surface area contributed by atoms with E-state index in [1.807, 2.05) is 6.07 Å². The summed E-state index contributed by atoms with van der Waals surface area (Å²) in [4.78, 5) is 13.0. The van der Waals surface area contributed by atoms with Crippen molar-refractivity contribution in [3.63, 3.8) is 0 Å². The molecular formula is C10H12N2O2. The highest BCUT2D eigenvalue weighted by molar-refractivity contribution is 5.92. The van der Waals surface area contributed by atoms with E-state index in [1.54, 1.807) is 0 Å². The van der Waals surface area contributed by atoms with Gasteiger partial charge in [-0.05, 0) is 37.4 Å². The molecule has 3 saturated heterocycles. The molecule has 0 radical (unpaired) electrons. The second-order valence-corrected chi connectivity index (χ2v) is 3.87. The van der Waals surface area contributed by atoms with Gasteiger partial charge in [0.25, 0.3) is 0 Å². The molecule has 0 aromatic heterocycles. The smallest absolute Gasteiger partial charge is 0.346 e. The van der Waals surface area contributed by atoms with Crippen molar-refractivity contribution in [1.29, 1.82) is 5.26 Å². The highest BCUT2D eigenvalue weighted by Crippen LogP contribution is 2.33. The normalized spacial score (nSPS) is 33.6. The Morgan fingerprint density at radius 1 is 1.50 bits per heavy atom. The highest BCUT2D eigenvalue weighted by Gasteiger charge is 2.33. The predicted octanol–water partition coefficient (Wildman–Crippen LogP) is 0.617. The van der Waals surface area contributed by atoms with E-state index in [2.05, 4.69) is 4.90 Å². The molecule has 0 unspecified atom stereocenters. The molecule has 0 aromatic rings. The number of carboxylic acid groups (broad SMARTS) is 1. The summed E-state index contributed by atoms with van der Waals surface area (Å²) in [5.74, 6) is -0.734. The van der Waals surface area contributed by atoms with Crippen molar-refractivity contribution in [3.05, 3.63) is 11.1 Å². The monoisotopic (exact) mass is 192 g/mol. The number of nitriles is 1. The van der Waals surface area contributed by atoms with Crippen LogP contribution >= 0.6 is 0 Å². The van der Waals surface area contributed by atoms with E-state index in [-0.39, 0.29) is 5.57 Å². The van der Waals surface area contributed by atoms with Gasteiger partial charge in [0.15, 0.2) is 0 Å². The van der Waals surface area contributed by atoms with Gasteiger partial charge in [0.05, 0.1) is 0 Å². The molecular weight excluding hydrogens is 180 g/mol. The Morgan fingerprint density at radius 2 is 2.14 bits per heavy atom. The second kappa shape index (κ2) is 3.43. The largest absolute Gasteiger partial charge is 0.477 e. The molecule has 1 N–H and O–H groups in total. The van der Waals surface area contributed by atoms with E-state index in [1.165, 1.54) is 0 Å². The summed E-state index contributed by atoms with van der Waals surface area (Å²) >= 11 is 0. The lowest BCUT2D eigenvalue weighted by atomic mass is 9.81. The fourth-order valence-electron chi connectivity index (χ4n) is 2.35. The first-order valence-electron chi connectivity index (χ1n) is 4.81. The zero-order valence-electron chi connectivity index (χ0n) is 7.86. The molecule has 0 aliphatic carbocycles. The molecule has 4 nitrogen and oxygen atoms in total. The number of carboxylic acids is 1. The summed E-state index contributed by atoms with van der Waals surface area (Å²) in [5.41, 5.74) is 0.817. The van der Waals surface area contributed by atoms with Crippen LogP contribution in [0.4, 0.5) is 0 Å². The molecule has 3 heterocycles. The van der Waals surface area contributed by atoms with Crippen molar-refractivity contribution >= 4 is 5.97 Å². The van der Waals surface area contributed by atoms with Crippen LogP contribution in [0.3, 0.4) is 0 Å². The van der Waals surface area contributed by atoms with Crippen LogP contribution in [0.1, 0.15) is 12.8 Å². The highest BCUT2D eigenvalue weighted by atomic mass is 16.4. The number of aliphatic carboxylic acids is 1. The van der Waals surface area contributed by atoms with Gasteiger partial charge in [-0.15, -0.1) is 0 Å². The standard InChI is InChI=1S/C10H12N2O2/c11-5-8(10(13)14)9-6-12-3-1-7(9)2-4-12/h7H,1-4,6H2,(H,13,14). The fraction of sp³-hybridized carbons (Fsp3) is 0.600. The topological polar surface area (TPSA) is 64.3 Å². The zero-order valence-corrected chi connectivity index (χ0v) is 7.86. The molecule has 4 heteroatoms. The molecule has 0 spiro atoms. The zero-order chi connectivity index (χ0) is 10.1. The lowest BCUT2D eigenvalue weighted by Gasteiger charge is -2.41. The molecule has 14 heavy (non-hydrogen) atoms. The Hall–Kier alpha value is -1.34. The van der Waals surface area contributed by atoms with Crippen LogP contribution in [0, 0.1) is 17.2 Å². The first-order chi connectivity index (χ1) is 6.72. The summed E-state index contributed by atoms with van der Waals surface area (Å²) in [5, 5.41) is 17.6. The third kappa shape index (κ3) is 1.40. The van der Waals surface area contributed by atoms with E-state index in [4.69, 9.17) is 10.4 Å². The molecule has 0 aromatic carbocycles. The quantitative estimate of drug-likeness (QED) is 0.488. The molecule has 0 saturated carbocycles. The van der Waals surface area contributed by atoms with E-state index in [0.29, 0.717) is 12.5 Å². The van der Waals surface area contributed by atoms with E-state index in [9.17, 15) is 4.79 Å². The summed E-state index contributed by atoms with van der Waals surface area (Å²) in [6.45, 7) is 2.78. The minimum Gasteiger partial charge on any atom is -0.477 e. The van der Waals surface area contributed by atoms with Crippen molar-refractivity contribution in [1.82, 2.24) is 4.90 Å². The molecule has 3 aliphatic heterocycles. The summed E-state index contributed by atoms with van der Waals surface area (Å²) < 4.78 is 0. The van der Waals surface area contributed by atoms with Gasteiger partial charge in [-0.1, -0.05) is 0 Å². The number of hydrogen-bond donors (Lipinski definition) is 1. The van der Waals surface area contributed by atoms with Crippen LogP contribution in [-0.2, 0) is 4.79 Å². The van der Waals surface area contributed by atoms with Crippen molar-refractivity contribution in [2.75, 3.05) is 19.6 Å². The first-order valence-corrected chi connectivity index (χ1v) is 4.81. The molecule has 2 bridgehead atoms. The van der Waals surface area contributed by atoms with Crippen molar-refractivity contribution in [2.45, 2.75) is 12.8 Å². The Morgan fingerprint density at radius 3 is 2.50 bits per heavy atom. The molecule has 3 fully saturated rings. The Labute approximate surface area is 82.4 Å². The average molecular weight is 192 g/mol. The van der Waals surface area contributed by atoms with E-state index in [0.717, 1.165) is 31.5 Å². The minimum atomic E-state index is -1.07. The van der Waals surface area contributed by atoms with Crippen LogP contribution in [-0.4, -0.2) is 35.6 Å². The van der Waals surface area contributed by atoms with Gasteiger partial charge in [-0.25, -0.2) is 4.79 Å².